The molecule has 17 heteroatoms. The van der Waals surface area contributed by atoms with Gasteiger partial charge in [-0.25, -0.2) is 9.59 Å². The number of cyclic esters (lactones) is 1. The number of hydrogen-bond acceptors (Lipinski definition) is 11. The number of imide groups is 1. The maximum atomic E-state index is 13.9. The van der Waals surface area contributed by atoms with Crippen molar-refractivity contribution < 1.29 is 48.5 Å². The van der Waals surface area contributed by atoms with Gasteiger partial charge < -0.3 is 35.8 Å². The van der Waals surface area contributed by atoms with E-state index in [-0.39, 0.29) is 54.6 Å². The van der Waals surface area contributed by atoms with E-state index < -0.39 is 65.0 Å². The lowest BCUT2D eigenvalue weighted by Crippen LogP contribution is -2.70. The third-order valence-corrected chi connectivity index (χ3v) is 9.72. The lowest BCUT2D eigenvalue weighted by atomic mass is 10.00. The molecule has 0 spiro atoms. The van der Waals surface area contributed by atoms with Crippen LogP contribution >= 0.6 is 11.8 Å². The molecule has 0 bridgehead atoms. The van der Waals surface area contributed by atoms with Gasteiger partial charge in [0.25, 0.3) is 5.91 Å². The summed E-state index contributed by atoms with van der Waals surface area (Å²) in [5, 5.41) is 26.8. The molecule has 5 N–H and O–H groups in total. The van der Waals surface area contributed by atoms with Crippen LogP contribution in [0.3, 0.4) is 0 Å². The Morgan fingerprint density at radius 3 is 2.08 bits per heavy atom. The van der Waals surface area contributed by atoms with Gasteiger partial charge in [0.1, 0.15) is 47.3 Å². The lowest BCUT2D eigenvalue weighted by Gasteiger charge is -2.48. The number of hydrogen-bond donors (Lipinski definition) is 5. The number of esters is 1. The van der Waals surface area contributed by atoms with E-state index in [1.165, 1.54) is 70.1 Å². The Bertz CT molecular complexity index is 1750. The van der Waals surface area contributed by atoms with Crippen LogP contribution in [0.2, 0.25) is 0 Å². The summed E-state index contributed by atoms with van der Waals surface area (Å²) >= 11 is 1.35. The second kappa shape index (κ2) is 12.9. The highest BCUT2D eigenvalue weighted by Crippen LogP contribution is 2.42. The van der Waals surface area contributed by atoms with Crippen molar-refractivity contribution in [2.45, 2.75) is 30.4 Å². The molecule has 0 radical (unpaired) electrons. The number of carbonyl (C=O) groups excluding carboxylic acids is 7. The number of phenolic OH excluding ortho intramolecular Hbond substituents is 2. The number of urea groups is 1. The first-order valence-corrected chi connectivity index (χ1v) is 16.0. The van der Waals surface area contributed by atoms with E-state index in [0.717, 1.165) is 0 Å². The number of β-lactam (4-membered cyclic amide) rings is 1. The third-order valence-electron chi connectivity index (χ3n) is 8.38. The van der Waals surface area contributed by atoms with Crippen LogP contribution in [-0.2, 0) is 33.5 Å². The first-order chi connectivity index (χ1) is 23.0. The minimum absolute atomic E-state index is 0.0990. The summed E-state index contributed by atoms with van der Waals surface area (Å²) in [4.78, 5) is 94.8. The number of piperazine rings is 1. The number of ether oxygens (including phenoxy) is 1. The molecule has 4 heterocycles. The van der Waals surface area contributed by atoms with E-state index in [2.05, 4.69) is 16.0 Å². The third kappa shape index (κ3) is 5.87. The van der Waals surface area contributed by atoms with Crippen LogP contribution in [0, 0.1) is 0 Å². The van der Waals surface area contributed by atoms with Crippen LogP contribution in [0.15, 0.2) is 59.8 Å². The molecule has 4 aliphatic heterocycles. The number of phenols is 2. The van der Waals surface area contributed by atoms with Crippen molar-refractivity contribution in [2.24, 2.45) is 0 Å². The van der Waals surface area contributed by atoms with E-state index in [9.17, 15) is 43.8 Å². The first-order valence-electron chi connectivity index (χ1n) is 14.9. The maximum absolute atomic E-state index is 13.9. The second-order valence-corrected chi connectivity index (χ2v) is 12.4. The number of aromatic hydroxyl groups is 2. The van der Waals surface area contributed by atoms with E-state index in [1.807, 2.05) is 0 Å². The van der Waals surface area contributed by atoms with Gasteiger partial charge in [0, 0.05) is 31.0 Å². The number of thioether (sulfide) groups is 1. The molecular weight excluding hydrogens is 648 g/mol. The highest BCUT2D eigenvalue weighted by molar-refractivity contribution is 8.00. The highest BCUT2D eigenvalue weighted by atomic mass is 32.2. The average molecular weight is 679 g/mol. The van der Waals surface area contributed by atoms with Gasteiger partial charge >= 0.3 is 23.8 Å². The van der Waals surface area contributed by atoms with Gasteiger partial charge in [-0.2, -0.15) is 0 Å². The van der Waals surface area contributed by atoms with Gasteiger partial charge in [-0.15, -0.1) is 11.8 Å². The molecule has 0 unspecified atom stereocenters. The summed E-state index contributed by atoms with van der Waals surface area (Å²) in [6.45, 7) is 2.05. The molecule has 16 nitrogen and oxygen atoms in total. The quantitative estimate of drug-likeness (QED) is 0.138. The Kier molecular flexibility index (Phi) is 8.70. The van der Waals surface area contributed by atoms with E-state index >= 15 is 0 Å². The molecule has 4 atom stereocenters. The largest absolute Gasteiger partial charge is 0.508 e. The summed E-state index contributed by atoms with van der Waals surface area (Å²) in [6.07, 6.45) is 0. The fourth-order valence-corrected chi connectivity index (χ4v) is 7.10. The smallest absolute Gasteiger partial charge is 0.355 e. The average Bonchev–Trinajstić information content (AvgIpc) is 3.45. The summed E-state index contributed by atoms with van der Waals surface area (Å²) in [5.74, 6) is -4.60. The van der Waals surface area contributed by atoms with Crippen molar-refractivity contribution in [3.05, 3.63) is 70.9 Å². The zero-order valence-electron chi connectivity index (χ0n) is 25.4. The minimum Gasteiger partial charge on any atom is -0.508 e. The van der Waals surface area contributed by atoms with Crippen LogP contribution < -0.4 is 16.0 Å². The van der Waals surface area contributed by atoms with E-state index in [0.29, 0.717) is 16.2 Å². The van der Waals surface area contributed by atoms with Gasteiger partial charge in [-0.3, -0.25) is 33.8 Å². The van der Waals surface area contributed by atoms with Crippen LogP contribution in [-0.4, -0.2) is 110 Å². The Morgan fingerprint density at radius 1 is 0.875 bits per heavy atom. The number of amides is 7. The summed E-state index contributed by atoms with van der Waals surface area (Å²) in [5.41, 5.74) is 1.26. The fraction of sp³-hybridized carbons (Fsp3) is 0.323. The van der Waals surface area contributed by atoms with Crippen molar-refractivity contribution in [2.75, 3.05) is 32.0 Å². The monoisotopic (exact) mass is 678 g/mol. The predicted molar refractivity (Wildman–Crippen MR) is 165 cm³/mol. The standard InChI is InChI=1S/C31H30N6O10S/c1-2-35-11-12-36(28(44)27(35)43)31(46)34-21(16-5-9-19(39)10-6-16)25(41)32-20(15-3-7-18(38)8-4-15)24(40)33-22-26(42)37-23-17(13-47-30(23)45)14-48-29(22)37/h3-10,20-22,29,38-39H,2,11-14H2,1H3,(H,32,41)(H,33,40)(H,34,46)/t20-,21-,22-,29-/m1/s1. The molecule has 7 amide bonds. The summed E-state index contributed by atoms with van der Waals surface area (Å²) in [6, 6.07) is 5.61. The molecule has 0 aliphatic carbocycles. The number of likely N-dealkylation sites (N-methyl/N-ethyl adjacent to an activating group) is 1. The van der Waals surface area contributed by atoms with Crippen molar-refractivity contribution >= 4 is 53.3 Å². The number of carbonyl (C=O) groups is 7. The van der Waals surface area contributed by atoms with Crippen LogP contribution in [0.4, 0.5) is 4.79 Å². The molecular formula is C31H30N6O10S. The lowest BCUT2D eigenvalue weighted by molar-refractivity contribution is -0.153. The molecule has 4 aliphatic rings. The van der Waals surface area contributed by atoms with Gasteiger partial charge in [-0.05, 0) is 42.3 Å². The molecule has 2 saturated heterocycles. The number of nitrogens with one attached hydrogen (secondary N) is 3. The predicted octanol–water partition coefficient (Wildman–Crippen LogP) is -0.392. The van der Waals surface area contributed by atoms with Gasteiger partial charge in [-0.1, -0.05) is 24.3 Å². The van der Waals surface area contributed by atoms with Crippen molar-refractivity contribution in [1.82, 2.24) is 30.7 Å². The van der Waals surface area contributed by atoms with Gasteiger partial charge in [0.05, 0.1) is 0 Å². The topological polar surface area (TPSA) is 215 Å². The maximum Gasteiger partial charge on any atom is 0.355 e. The molecule has 250 valence electrons. The SMILES string of the molecule is CCN1CCN(C(=O)N[C@@H](C(=O)N[C@@H](C(=O)N[C@@H]2C(=O)N3C4=C(COC4=O)CS[C@H]23)c2ccc(O)cc2)c2ccc(O)cc2)C(=O)C1=O. The fourth-order valence-electron chi connectivity index (χ4n) is 5.77. The molecule has 6 rings (SSSR count). The van der Waals surface area contributed by atoms with Crippen LogP contribution in [0.1, 0.15) is 30.1 Å². The number of nitrogens with zero attached hydrogens (tertiary/aromatic N) is 3. The Hall–Kier alpha value is -5.58. The Labute approximate surface area is 277 Å². The number of fused-ring (bicyclic) bond motifs is 2. The molecule has 48 heavy (non-hydrogen) atoms. The zero-order chi connectivity index (χ0) is 34.3. The molecule has 0 saturated carbocycles. The van der Waals surface area contributed by atoms with Crippen molar-refractivity contribution in [3.8, 4) is 11.5 Å². The van der Waals surface area contributed by atoms with Crippen molar-refractivity contribution in [3.63, 3.8) is 0 Å². The van der Waals surface area contributed by atoms with Gasteiger partial charge in [0.2, 0.25) is 11.8 Å². The normalized spacial score (nSPS) is 21.5. The summed E-state index contributed by atoms with van der Waals surface area (Å²) in [7, 11) is 0. The van der Waals surface area contributed by atoms with Crippen LogP contribution in [0.5, 0.6) is 11.5 Å². The molecule has 2 fully saturated rings. The van der Waals surface area contributed by atoms with Crippen LogP contribution in [0.25, 0.3) is 0 Å². The highest BCUT2D eigenvalue weighted by Gasteiger charge is 2.56. The van der Waals surface area contributed by atoms with Crippen molar-refractivity contribution in [1.29, 1.82) is 0 Å². The molecule has 2 aromatic rings. The van der Waals surface area contributed by atoms with E-state index in [1.54, 1.807) is 6.92 Å². The molecule has 0 aromatic heterocycles. The number of rotatable bonds is 8. The minimum atomic E-state index is -1.52. The second-order valence-electron chi connectivity index (χ2n) is 11.3. The van der Waals surface area contributed by atoms with Gasteiger partial charge in [0.15, 0.2) is 0 Å². The number of benzene rings is 2. The Morgan fingerprint density at radius 2 is 1.48 bits per heavy atom. The Balaban J connectivity index is 1.24. The first kappa shape index (κ1) is 32.4. The summed E-state index contributed by atoms with van der Waals surface area (Å²) < 4.78 is 5.06. The molecule has 2 aromatic carbocycles. The van der Waals surface area contributed by atoms with E-state index in [4.69, 9.17) is 4.74 Å². The zero-order valence-corrected chi connectivity index (χ0v) is 26.2.